The van der Waals surface area contributed by atoms with Gasteiger partial charge in [0.25, 0.3) is 11.8 Å². The Hall–Kier alpha value is -4.01. The largest absolute Gasteiger partial charge is 0.344 e. The lowest BCUT2D eigenvalue weighted by molar-refractivity contribution is -0.132. The number of nitrogens with one attached hydrogen (secondary N) is 2. The molecular formula is C21H20N6O3. The molecule has 9 heteroatoms. The molecule has 2 N–H and O–H groups in total. The highest BCUT2D eigenvalue weighted by Gasteiger charge is 2.47. The Kier molecular flexibility index (Phi) is 4.78. The number of aromatic nitrogens is 3. The Morgan fingerprint density at radius 3 is 2.57 bits per heavy atom. The minimum Gasteiger partial charge on any atom is -0.322 e. The molecule has 9 nitrogen and oxygen atoms in total. The number of amides is 4. The Labute approximate surface area is 172 Å². The third-order valence-corrected chi connectivity index (χ3v) is 5.10. The number of carbonyl (C=O) groups is 3. The second-order valence-corrected chi connectivity index (χ2v) is 7.11. The van der Waals surface area contributed by atoms with E-state index in [-0.39, 0.29) is 5.56 Å². The molecule has 1 aromatic carbocycles. The van der Waals surface area contributed by atoms with Crippen molar-refractivity contribution < 1.29 is 14.4 Å². The highest BCUT2D eigenvalue weighted by molar-refractivity contribution is 6.09. The first-order valence-corrected chi connectivity index (χ1v) is 9.46. The highest BCUT2D eigenvalue weighted by Crippen LogP contribution is 2.24. The van der Waals surface area contributed by atoms with E-state index in [1.807, 2.05) is 30.3 Å². The predicted octanol–water partition coefficient (Wildman–Crippen LogP) is 2.30. The summed E-state index contributed by atoms with van der Waals surface area (Å²) >= 11 is 0. The van der Waals surface area contributed by atoms with Gasteiger partial charge in [-0.05, 0) is 37.6 Å². The number of pyridine rings is 1. The van der Waals surface area contributed by atoms with Gasteiger partial charge in [0.15, 0.2) is 0 Å². The van der Waals surface area contributed by atoms with Crippen molar-refractivity contribution in [3.05, 3.63) is 66.6 Å². The lowest BCUT2D eigenvalue weighted by atomic mass is 10.00. The molecular weight excluding hydrogens is 384 g/mol. The van der Waals surface area contributed by atoms with Gasteiger partial charge < -0.3 is 5.32 Å². The Balaban J connectivity index is 1.71. The second kappa shape index (κ2) is 7.43. The number of carbonyl (C=O) groups excluding carboxylic acids is 3. The van der Waals surface area contributed by atoms with Crippen LogP contribution in [0.15, 0.2) is 61.1 Å². The van der Waals surface area contributed by atoms with Crippen molar-refractivity contribution in [2.75, 3.05) is 0 Å². The predicted molar refractivity (Wildman–Crippen MR) is 108 cm³/mol. The van der Waals surface area contributed by atoms with Crippen LogP contribution in [-0.4, -0.2) is 43.2 Å². The van der Waals surface area contributed by atoms with Crippen molar-refractivity contribution in [2.24, 2.45) is 0 Å². The van der Waals surface area contributed by atoms with Crippen LogP contribution in [0.25, 0.3) is 16.9 Å². The number of benzene rings is 1. The van der Waals surface area contributed by atoms with Crippen LogP contribution in [-0.2, 0) is 4.79 Å². The van der Waals surface area contributed by atoms with E-state index in [9.17, 15) is 14.4 Å². The summed E-state index contributed by atoms with van der Waals surface area (Å²) in [5, 5.41) is 7.87. The molecule has 1 atom stereocenters. The van der Waals surface area contributed by atoms with Crippen LogP contribution in [0.4, 0.5) is 4.79 Å². The molecule has 1 saturated heterocycles. The summed E-state index contributed by atoms with van der Waals surface area (Å²) in [5.41, 5.74) is 3.35. The maximum atomic E-state index is 13.1. The molecule has 3 heterocycles. The molecule has 152 valence electrons. The maximum Gasteiger partial charge on any atom is 0.344 e. The molecule has 30 heavy (non-hydrogen) atoms. The Bertz CT molecular complexity index is 1110. The van der Waals surface area contributed by atoms with Gasteiger partial charge in [-0.15, -0.1) is 0 Å². The summed E-state index contributed by atoms with van der Waals surface area (Å²) in [6, 6.07) is 12.2. The number of hydrazine groups is 1. The summed E-state index contributed by atoms with van der Waals surface area (Å²) in [5.74, 6) is -1.14. The van der Waals surface area contributed by atoms with Crippen molar-refractivity contribution in [1.82, 2.24) is 30.5 Å². The van der Waals surface area contributed by atoms with Crippen LogP contribution in [0.5, 0.6) is 0 Å². The van der Waals surface area contributed by atoms with Crippen molar-refractivity contribution in [1.29, 1.82) is 0 Å². The first kappa shape index (κ1) is 19.3. The summed E-state index contributed by atoms with van der Waals surface area (Å²) < 4.78 is 1.57. The third kappa shape index (κ3) is 3.30. The maximum absolute atomic E-state index is 13.1. The number of rotatable bonds is 5. The minimum absolute atomic E-state index is 0.206. The van der Waals surface area contributed by atoms with Gasteiger partial charge in [-0.2, -0.15) is 10.1 Å². The van der Waals surface area contributed by atoms with Crippen molar-refractivity contribution in [3.63, 3.8) is 0 Å². The van der Waals surface area contributed by atoms with Crippen LogP contribution in [0.1, 0.15) is 30.6 Å². The van der Waals surface area contributed by atoms with Gasteiger partial charge in [0, 0.05) is 24.2 Å². The first-order valence-electron chi connectivity index (χ1n) is 9.46. The second-order valence-electron chi connectivity index (χ2n) is 7.11. The van der Waals surface area contributed by atoms with E-state index in [4.69, 9.17) is 0 Å². The van der Waals surface area contributed by atoms with Crippen molar-refractivity contribution >= 4 is 17.8 Å². The fraction of sp³-hybridized carbons (Fsp3) is 0.190. The summed E-state index contributed by atoms with van der Waals surface area (Å²) in [6.45, 7) is 3.40. The SMILES string of the molecule is CC[C@@]1(C)NC(=O)N(NC(=O)c2cn(-c3ccccc3)nc2-c2cccnc2)C1=O. The molecule has 0 aliphatic carbocycles. The Morgan fingerprint density at radius 1 is 1.17 bits per heavy atom. The van der Waals surface area contributed by atoms with Gasteiger partial charge in [0.1, 0.15) is 11.2 Å². The van der Waals surface area contributed by atoms with Crippen LogP contribution >= 0.6 is 0 Å². The molecule has 0 bridgehead atoms. The number of urea groups is 1. The third-order valence-electron chi connectivity index (χ3n) is 5.10. The number of hydrogen-bond donors (Lipinski definition) is 2. The topological polar surface area (TPSA) is 109 Å². The normalized spacial score (nSPS) is 18.4. The molecule has 3 aromatic rings. The van der Waals surface area contributed by atoms with Gasteiger partial charge in [0.2, 0.25) is 0 Å². The molecule has 4 rings (SSSR count). The summed E-state index contributed by atoms with van der Waals surface area (Å²) in [6.07, 6.45) is 5.17. The van der Waals surface area contributed by atoms with E-state index in [0.29, 0.717) is 17.7 Å². The zero-order chi connectivity index (χ0) is 21.3. The smallest absolute Gasteiger partial charge is 0.322 e. The molecule has 1 aliphatic heterocycles. The average molecular weight is 404 g/mol. The zero-order valence-corrected chi connectivity index (χ0v) is 16.5. The van der Waals surface area contributed by atoms with E-state index in [2.05, 4.69) is 20.8 Å². The molecule has 2 aromatic heterocycles. The number of nitrogens with zero attached hydrogens (tertiary/aromatic N) is 4. The Morgan fingerprint density at radius 2 is 1.93 bits per heavy atom. The number of para-hydroxylation sites is 1. The average Bonchev–Trinajstić information content (AvgIpc) is 3.31. The van der Waals surface area contributed by atoms with Gasteiger partial charge in [-0.1, -0.05) is 25.1 Å². The molecule has 1 fully saturated rings. The number of hydrogen-bond acceptors (Lipinski definition) is 5. The van der Waals surface area contributed by atoms with Crippen LogP contribution in [0.3, 0.4) is 0 Å². The fourth-order valence-corrected chi connectivity index (χ4v) is 3.16. The number of imide groups is 1. The van der Waals surface area contributed by atoms with Crippen LogP contribution in [0.2, 0.25) is 0 Å². The van der Waals surface area contributed by atoms with Gasteiger partial charge >= 0.3 is 6.03 Å². The van der Waals surface area contributed by atoms with E-state index < -0.39 is 23.4 Å². The molecule has 0 radical (unpaired) electrons. The van der Waals surface area contributed by atoms with Crippen molar-refractivity contribution in [2.45, 2.75) is 25.8 Å². The van der Waals surface area contributed by atoms with Gasteiger partial charge in [-0.3, -0.25) is 20.0 Å². The quantitative estimate of drug-likeness (QED) is 0.634. The summed E-state index contributed by atoms with van der Waals surface area (Å²) in [7, 11) is 0. The minimum atomic E-state index is -1.05. The standard InChI is InChI=1S/C21H20N6O3/c1-3-21(2)19(29)27(20(30)23-21)25-18(28)16-13-26(15-9-5-4-6-10-15)24-17(16)14-8-7-11-22-12-14/h4-13H,3H2,1-2H3,(H,23,30)(H,25,28)/t21-/m1/s1. The fourth-order valence-electron chi connectivity index (χ4n) is 3.16. The monoisotopic (exact) mass is 404 g/mol. The van der Waals surface area contributed by atoms with E-state index in [1.54, 1.807) is 49.3 Å². The summed E-state index contributed by atoms with van der Waals surface area (Å²) in [4.78, 5) is 42.0. The molecule has 0 saturated carbocycles. The van der Waals surface area contributed by atoms with E-state index in [0.717, 1.165) is 10.7 Å². The van der Waals surface area contributed by atoms with Crippen LogP contribution in [0, 0.1) is 0 Å². The first-order chi connectivity index (χ1) is 14.4. The molecule has 0 spiro atoms. The van der Waals surface area contributed by atoms with Crippen molar-refractivity contribution in [3.8, 4) is 16.9 Å². The van der Waals surface area contributed by atoms with Gasteiger partial charge in [-0.25, -0.2) is 9.48 Å². The molecule has 4 amide bonds. The van der Waals surface area contributed by atoms with E-state index in [1.165, 1.54) is 0 Å². The zero-order valence-electron chi connectivity index (χ0n) is 16.5. The highest BCUT2D eigenvalue weighted by atomic mass is 16.2. The van der Waals surface area contributed by atoms with Gasteiger partial charge in [0.05, 0.1) is 11.3 Å². The molecule has 1 aliphatic rings. The lowest BCUT2D eigenvalue weighted by Gasteiger charge is -2.19. The van der Waals surface area contributed by atoms with E-state index >= 15 is 0 Å². The lowest BCUT2D eigenvalue weighted by Crippen LogP contribution is -2.48. The molecule has 0 unspecified atom stereocenters. The van der Waals surface area contributed by atoms with Crippen LogP contribution < -0.4 is 10.7 Å².